The Morgan fingerprint density at radius 3 is 2.26 bits per heavy atom. The summed E-state index contributed by atoms with van der Waals surface area (Å²) in [5, 5.41) is 0. The standard InChI is InChI=1S/C19H32N4O3S/c1-16(13-20-27(24,25)23-14-17(2)26-18(3)15-23)21-9-11-22(12-10-21)19-7-5-4-6-8-19/h4-8,16-18,20H,9-15H2,1-3H3. The highest BCUT2D eigenvalue weighted by Gasteiger charge is 2.31. The molecule has 2 saturated heterocycles. The van der Waals surface area contributed by atoms with Crippen molar-refractivity contribution >= 4 is 15.9 Å². The van der Waals surface area contributed by atoms with E-state index in [1.165, 1.54) is 9.99 Å². The largest absolute Gasteiger partial charge is 0.373 e. The first-order chi connectivity index (χ1) is 12.8. The third-order valence-corrected chi connectivity index (χ3v) is 6.86. The first-order valence-electron chi connectivity index (χ1n) is 9.79. The zero-order chi connectivity index (χ0) is 19.4. The molecule has 3 unspecified atom stereocenters. The Labute approximate surface area is 163 Å². The van der Waals surface area contributed by atoms with Crippen LogP contribution in [0.2, 0.25) is 0 Å². The van der Waals surface area contributed by atoms with Crippen LogP contribution in [-0.2, 0) is 14.9 Å². The van der Waals surface area contributed by atoms with Crippen LogP contribution in [-0.4, -0.2) is 81.7 Å². The summed E-state index contributed by atoms with van der Waals surface area (Å²) in [6, 6.07) is 10.6. The van der Waals surface area contributed by atoms with Gasteiger partial charge in [-0.3, -0.25) is 4.90 Å². The monoisotopic (exact) mass is 396 g/mol. The van der Waals surface area contributed by atoms with Crippen LogP contribution >= 0.6 is 0 Å². The van der Waals surface area contributed by atoms with E-state index in [1.807, 2.05) is 19.9 Å². The highest BCUT2D eigenvalue weighted by Crippen LogP contribution is 2.17. The molecule has 2 fully saturated rings. The number of piperazine rings is 1. The molecular weight excluding hydrogens is 364 g/mol. The lowest BCUT2D eigenvalue weighted by Gasteiger charge is -2.39. The van der Waals surface area contributed by atoms with Crippen LogP contribution in [0.4, 0.5) is 5.69 Å². The van der Waals surface area contributed by atoms with Crippen LogP contribution in [0.15, 0.2) is 30.3 Å². The topological polar surface area (TPSA) is 65.1 Å². The zero-order valence-corrected chi connectivity index (χ0v) is 17.4. The van der Waals surface area contributed by atoms with Crippen molar-refractivity contribution in [1.82, 2.24) is 13.9 Å². The third kappa shape index (κ3) is 5.42. The minimum atomic E-state index is -3.47. The molecule has 2 aliphatic heterocycles. The SMILES string of the molecule is CC1CN(S(=O)(=O)NCC(C)N2CCN(c3ccccc3)CC2)CC(C)O1. The molecule has 27 heavy (non-hydrogen) atoms. The van der Waals surface area contributed by atoms with Crippen molar-refractivity contribution in [2.75, 3.05) is 50.7 Å². The molecule has 0 radical (unpaired) electrons. The van der Waals surface area contributed by atoms with Gasteiger partial charge in [0, 0.05) is 57.5 Å². The number of nitrogens with one attached hydrogen (secondary N) is 1. The average Bonchev–Trinajstić information content (AvgIpc) is 2.66. The average molecular weight is 397 g/mol. The second-order valence-electron chi connectivity index (χ2n) is 7.64. The van der Waals surface area contributed by atoms with Gasteiger partial charge in [0.05, 0.1) is 12.2 Å². The molecule has 3 rings (SSSR count). The zero-order valence-electron chi connectivity index (χ0n) is 16.5. The van der Waals surface area contributed by atoms with Crippen molar-refractivity contribution in [3.05, 3.63) is 30.3 Å². The van der Waals surface area contributed by atoms with Gasteiger partial charge < -0.3 is 9.64 Å². The van der Waals surface area contributed by atoms with E-state index in [9.17, 15) is 8.42 Å². The van der Waals surface area contributed by atoms with Gasteiger partial charge >= 0.3 is 0 Å². The molecule has 1 aromatic carbocycles. The molecule has 3 atom stereocenters. The normalized spacial score (nSPS) is 26.9. The first-order valence-corrected chi connectivity index (χ1v) is 11.2. The van der Waals surface area contributed by atoms with Gasteiger partial charge in [-0.25, -0.2) is 4.72 Å². The van der Waals surface area contributed by atoms with E-state index >= 15 is 0 Å². The molecule has 0 bridgehead atoms. The number of anilines is 1. The van der Waals surface area contributed by atoms with Gasteiger partial charge in [0.15, 0.2) is 0 Å². The van der Waals surface area contributed by atoms with E-state index < -0.39 is 10.2 Å². The van der Waals surface area contributed by atoms with Gasteiger partial charge in [-0.1, -0.05) is 18.2 Å². The molecule has 152 valence electrons. The van der Waals surface area contributed by atoms with E-state index in [4.69, 9.17) is 4.74 Å². The molecule has 0 spiro atoms. The second kappa shape index (κ2) is 8.87. The van der Waals surface area contributed by atoms with E-state index in [-0.39, 0.29) is 18.2 Å². The number of morpholine rings is 1. The third-order valence-electron chi connectivity index (χ3n) is 5.35. The second-order valence-corrected chi connectivity index (χ2v) is 9.39. The van der Waals surface area contributed by atoms with E-state index in [1.54, 1.807) is 0 Å². The maximum absolute atomic E-state index is 12.6. The van der Waals surface area contributed by atoms with Gasteiger partial charge in [0.2, 0.25) is 0 Å². The summed E-state index contributed by atoms with van der Waals surface area (Å²) in [6.07, 6.45) is -0.150. The number of benzene rings is 1. The molecule has 8 heteroatoms. The highest BCUT2D eigenvalue weighted by atomic mass is 32.2. The number of rotatable bonds is 6. The Kier molecular flexibility index (Phi) is 6.75. The smallest absolute Gasteiger partial charge is 0.279 e. The number of para-hydroxylation sites is 1. The van der Waals surface area contributed by atoms with Crippen LogP contribution in [0.25, 0.3) is 0 Å². The summed E-state index contributed by atoms with van der Waals surface area (Å²) in [7, 11) is -3.47. The van der Waals surface area contributed by atoms with Crippen molar-refractivity contribution in [1.29, 1.82) is 0 Å². The minimum absolute atomic E-state index is 0.0752. The molecule has 7 nitrogen and oxygen atoms in total. The maximum atomic E-state index is 12.6. The predicted molar refractivity (Wildman–Crippen MR) is 108 cm³/mol. The summed E-state index contributed by atoms with van der Waals surface area (Å²) in [5.41, 5.74) is 1.25. The van der Waals surface area contributed by atoms with Crippen LogP contribution in [0.3, 0.4) is 0 Å². The Morgan fingerprint density at radius 1 is 1.07 bits per heavy atom. The summed E-state index contributed by atoms with van der Waals surface area (Å²) in [6.45, 7) is 10.9. The van der Waals surface area contributed by atoms with Gasteiger partial charge in [-0.15, -0.1) is 0 Å². The first kappa shape index (κ1) is 20.5. The van der Waals surface area contributed by atoms with Crippen molar-refractivity contribution in [2.45, 2.75) is 39.0 Å². The summed E-state index contributed by atoms with van der Waals surface area (Å²) < 4.78 is 35.2. The lowest BCUT2D eigenvalue weighted by Crippen LogP contribution is -2.55. The van der Waals surface area contributed by atoms with Crippen molar-refractivity contribution < 1.29 is 13.2 Å². The molecular formula is C19H32N4O3S. The number of hydrogen-bond acceptors (Lipinski definition) is 5. The quantitative estimate of drug-likeness (QED) is 0.781. The van der Waals surface area contributed by atoms with Crippen molar-refractivity contribution in [3.63, 3.8) is 0 Å². The molecule has 0 aromatic heterocycles. The molecule has 1 N–H and O–H groups in total. The van der Waals surface area contributed by atoms with Gasteiger partial charge in [-0.2, -0.15) is 12.7 Å². The van der Waals surface area contributed by atoms with Gasteiger partial charge in [0.1, 0.15) is 0 Å². The molecule has 0 saturated carbocycles. The predicted octanol–water partition coefficient (Wildman–Crippen LogP) is 1.14. The summed E-state index contributed by atoms with van der Waals surface area (Å²) in [4.78, 5) is 4.73. The Hall–Kier alpha value is -1.19. The Balaban J connectivity index is 1.47. The fraction of sp³-hybridized carbons (Fsp3) is 0.684. The molecule has 0 aliphatic carbocycles. The fourth-order valence-electron chi connectivity index (χ4n) is 3.83. The summed E-state index contributed by atoms with van der Waals surface area (Å²) >= 11 is 0. The Morgan fingerprint density at radius 2 is 1.67 bits per heavy atom. The number of nitrogens with zero attached hydrogens (tertiary/aromatic N) is 3. The fourth-order valence-corrected chi connectivity index (χ4v) is 5.28. The van der Waals surface area contributed by atoms with Crippen molar-refractivity contribution in [2.24, 2.45) is 0 Å². The van der Waals surface area contributed by atoms with Gasteiger partial charge in [0.25, 0.3) is 10.2 Å². The van der Waals surface area contributed by atoms with Crippen LogP contribution in [0.5, 0.6) is 0 Å². The van der Waals surface area contributed by atoms with E-state index in [2.05, 4.69) is 45.7 Å². The van der Waals surface area contributed by atoms with Crippen LogP contribution in [0.1, 0.15) is 20.8 Å². The lowest BCUT2D eigenvalue weighted by atomic mass is 10.2. The molecule has 2 heterocycles. The lowest BCUT2D eigenvalue weighted by molar-refractivity contribution is -0.0444. The van der Waals surface area contributed by atoms with E-state index in [0.717, 1.165) is 26.2 Å². The maximum Gasteiger partial charge on any atom is 0.279 e. The minimum Gasteiger partial charge on any atom is -0.373 e. The molecule has 2 aliphatic rings. The van der Waals surface area contributed by atoms with Crippen LogP contribution < -0.4 is 9.62 Å². The summed E-state index contributed by atoms with van der Waals surface area (Å²) in [5.74, 6) is 0. The molecule has 1 aromatic rings. The molecule has 0 amide bonds. The van der Waals surface area contributed by atoms with Gasteiger partial charge in [-0.05, 0) is 32.9 Å². The number of ether oxygens (including phenoxy) is 1. The number of hydrogen-bond donors (Lipinski definition) is 1. The highest BCUT2D eigenvalue weighted by molar-refractivity contribution is 7.87. The van der Waals surface area contributed by atoms with E-state index in [0.29, 0.717) is 19.6 Å². The Bertz CT molecular complexity index is 682. The van der Waals surface area contributed by atoms with Crippen molar-refractivity contribution in [3.8, 4) is 0 Å². The van der Waals surface area contributed by atoms with Crippen LogP contribution in [0, 0.1) is 0 Å².